The molecule has 23 heavy (non-hydrogen) atoms. The number of carbonyl (C=O) groups excluding carboxylic acids is 1. The third-order valence-corrected chi connectivity index (χ3v) is 3.99. The summed E-state index contributed by atoms with van der Waals surface area (Å²) in [6.07, 6.45) is 3.69. The summed E-state index contributed by atoms with van der Waals surface area (Å²) < 4.78 is 0. The molecule has 0 aliphatic heterocycles. The second-order valence-electron chi connectivity index (χ2n) is 5.46. The number of rotatable bonds is 7. The number of aromatic nitrogens is 1. The van der Waals surface area contributed by atoms with Gasteiger partial charge in [-0.15, -0.1) is 0 Å². The maximum absolute atomic E-state index is 12.2. The van der Waals surface area contributed by atoms with Crippen molar-refractivity contribution in [2.24, 2.45) is 0 Å². The van der Waals surface area contributed by atoms with E-state index >= 15 is 0 Å². The van der Waals surface area contributed by atoms with E-state index in [1.165, 1.54) is 0 Å². The van der Waals surface area contributed by atoms with Crippen LogP contribution in [0.4, 0.5) is 5.82 Å². The molecule has 0 atom stereocenters. The van der Waals surface area contributed by atoms with Crippen LogP contribution in [0.15, 0.2) is 42.6 Å². The summed E-state index contributed by atoms with van der Waals surface area (Å²) in [4.78, 5) is 18.3. The van der Waals surface area contributed by atoms with E-state index in [1.807, 2.05) is 37.4 Å². The van der Waals surface area contributed by atoms with Gasteiger partial charge in [-0.25, -0.2) is 4.98 Å². The molecule has 1 heterocycles. The Morgan fingerprint density at radius 1 is 1.26 bits per heavy atom. The molecule has 0 aliphatic rings. The predicted octanol–water partition coefficient (Wildman–Crippen LogP) is 4.22. The summed E-state index contributed by atoms with van der Waals surface area (Å²) in [5.41, 5.74) is 1.61. The van der Waals surface area contributed by atoms with Crippen molar-refractivity contribution in [3.63, 3.8) is 0 Å². The second kappa shape index (κ2) is 8.53. The Bertz CT molecular complexity index is 643. The highest BCUT2D eigenvalue weighted by Gasteiger charge is 2.11. The molecule has 1 aromatic carbocycles. The van der Waals surface area contributed by atoms with Crippen molar-refractivity contribution in [1.29, 1.82) is 0 Å². The highest BCUT2D eigenvalue weighted by atomic mass is 35.5. The number of halogens is 1. The number of unbranched alkanes of at least 4 members (excludes halogenated alkanes) is 1. The van der Waals surface area contributed by atoms with Crippen LogP contribution in [0.5, 0.6) is 0 Å². The van der Waals surface area contributed by atoms with Crippen LogP contribution in [0.2, 0.25) is 5.02 Å². The van der Waals surface area contributed by atoms with Gasteiger partial charge < -0.3 is 10.2 Å². The summed E-state index contributed by atoms with van der Waals surface area (Å²) in [7, 11) is 1.82. The fraction of sp³-hybridized carbons (Fsp3) is 0.333. The smallest absolute Gasteiger partial charge is 0.255 e. The molecular formula is C18H22ClN3O. The number of hydrogen-bond acceptors (Lipinski definition) is 3. The lowest BCUT2D eigenvalue weighted by Gasteiger charge is -2.16. The van der Waals surface area contributed by atoms with E-state index in [9.17, 15) is 4.79 Å². The molecule has 122 valence electrons. The minimum atomic E-state index is 0.00334. The van der Waals surface area contributed by atoms with Crippen LogP contribution >= 0.6 is 11.6 Å². The zero-order valence-electron chi connectivity index (χ0n) is 13.6. The Hall–Kier alpha value is -2.07. The average molecular weight is 332 g/mol. The maximum Gasteiger partial charge on any atom is 0.255 e. The van der Waals surface area contributed by atoms with E-state index in [0.717, 1.165) is 35.8 Å². The van der Waals surface area contributed by atoms with Crippen molar-refractivity contribution in [3.8, 4) is 0 Å². The third-order valence-electron chi connectivity index (χ3n) is 3.62. The first-order valence-corrected chi connectivity index (χ1v) is 8.18. The van der Waals surface area contributed by atoms with E-state index in [1.54, 1.807) is 17.2 Å². The largest absolute Gasteiger partial charge is 0.366 e. The van der Waals surface area contributed by atoms with Gasteiger partial charge in [-0.1, -0.05) is 43.1 Å². The molecule has 0 radical (unpaired) electrons. The van der Waals surface area contributed by atoms with Gasteiger partial charge in [0.1, 0.15) is 5.82 Å². The van der Waals surface area contributed by atoms with Gasteiger partial charge in [0, 0.05) is 31.4 Å². The SMILES string of the molecule is CCCCN(C)C(=O)c1ccc(NCc2ccccc2Cl)nc1. The van der Waals surface area contributed by atoms with Gasteiger partial charge >= 0.3 is 0 Å². The van der Waals surface area contributed by atoms with Crippen molar-refractivity contribution in [2.75, 3.05) is 18.9 Å². The molecule has 2 rings (SSSR count). The normalized spacial score (nSPS) is 10.4. The zero-order valence-corrected chi connectivity index (χ0v) is 14.3. The van der Waals surface area contributed by atoms with Crippen molar-refractivity contribution >= 4 is 23.3 Å². The van der Waals surface area contributed by atoms with Gasteiger partial charge in [-0.05, 0) is 30.2 Å². The number of nitrogens with one attached hydrogen (secondary N) is 1. The summed E-state index contributed by atoms with van der Waals surface area (Å²) in [5.74, 6) is 0.723. The number of amides is 1. The van der Waals surface area contributed by atoms with Crippen molar-refractivity contribution in [1.82, 2.24) is 9.88 Å². The average Bonchev–Trinajstić information content (AvgIpc) is 2.59. The molecule has 2 aromatic rings. The molecule has 5 heteroatoms. The van der Waals surface area contributed by atoms with Gasteiger partial charge in [0.25, 0.3) is 5.91 Å². The molecule has 0 saturated heterocycles. The molecule has 4 nitrogen and oxygen atoms in total. The number of nitrogens with zero attached hydrogens (tertiary/aromatic N) is 2. The lowest BCUT2D eigenvalue weighted by atomic mass is 10.2. The fourth-order valence-electron chi connectivity index (χ4n) is 2.17. The van der Waals surface area contributed by atoms with E-state index in [4.69, 9.17) is 11.6 Å². The molecule has 1 N–H and O–H groups in total. The lowest BCUT2D eigenvalue weighted by Crippen LogP contribution is -2.27. The topological polar surface area (TPSA) is 45.2 Å². The van der Waals surface area contributed by atoms with Crippen molar-refractivity contribution < 1.29 is 4.79 Å². The monoisotopic (exact) mass is 331 g/mol. The Labute approximate surface area is 142 Å². The quantitative estimate of drug-likeness (QED) is 0.826. The number of anilines is 1. The Morgan fingerprint density at radius 3 is 2.70 bits per heavy atom. The van der Waals surface area contributed by atoms with E-state index < -0.39 is 0 Å². The van der Waals surface area contributed by atoms with Crippen LogP contribution in [-0.4, -0.2) is 29.4 Å². The van der Waals surface area contributed by atoms with Crippen LogP contribution in [0.3, 0.4) is 0 Å². The Kier molecular flexibility index (Phi) is 6.41. The highest BCUT2D eigenvalue weighted by Crippen LogP contribution is 2.16. The van der Waals surface area contributed by atoms with Gasteiger partial charge in [-0.3, -0.25) is 4.79 Å². The van der Waals surface area contributed by atoms with Crippen LogP contribution in [-0.2, 0) is 6.54 Å². The standard InChI is InChI=1S/C18H22ClN3O/c1-3-4-11-22(2)18(23)15-9-10-17(21-13-15)20-12-14-7-5-6-8-16(14)19/h5-10,13H,3-4,11-12H2,1-2H3,(H,20,21). The molecular weight excluding hydrogens is 310 g/mol. The molecule has 1 amide bonds. The van der Waals surface area contributed by atoms with Crippen LogP contribution < -0.4 is 5.32 Å². The molecule has 1 aromatic heterocycles. The van der Waals surface area contributed by atoms with Gasteiger partial charge in [0.15, 0.2) is 0 Å². The van der Waals surface area contributed by atoms with Crippen LogP contribution in [0, 0.1) is 0 Å². The highest BCUT2D eigenvalue weighted by molar-refractivity contribution is 6.31. The van der Waals surface area contributed by atoms with Crippen LogP contribution in [0.1, 0.15) is 35.7 Å². The van der Waals surface area contributed by atoms with Crippen molar-refractivity contribution in [2.45, 2.75) is 26.3 Å². The minimum Gasteiger partial charge on any atom is -0.366 e. The van der Waals surface area contributed by atoms with Gasteiger partial charge in [-0.2, -0.15) is 0 Å². The minimum absolute atomic E-state index is 0.00334. The summed E-state index contributed by atoms with van der Waals surface area (Å²) in [6.45, 7) is 3.47. The first-order chi connectivity index (χ1) is 11.1. The first kappa shape index (κ1) is 17.3. The first-order valence-electron chi connectivity index (χ1n) is 7.80. The Balaban J connectivity index is 1.94. The molecule has 0 bridgehead atoms. The van der Waals surface area contributed by atoms with Crippen LogP contribution in [0.25, 0.3) is 0 Å². The second-order valence-corrected chi connectivity index (χ2v) is 5.86. The van der Waals surface area contributed by atoms with E-state index in [-0.39, 0.29) is 5.91 Å². The molecule has 0 spiro atoms. The predicted molar refractivity (Wildman–Crippen MR) is 94.9 cm³/mol. The molecule has 0 aliphatic carbocycles. The van der Waals surface area contributed by atoms with Crippen molar-refractivity contribution in [3.05, 3.63) is 58.7 Å². The van der Waals surface area contributed by atoms with E-state index in [2.05, 4.69) is 17.2 Å². The lowest BCUT2D eigenvalue weighted by molar-refractivity contribution is 0.0793. The number of benzene rings is 1. The third kappa shape index (κ3) is 4.96. The van der Waals surface area contributed by atoms with Gasteiger partial charge in [0.2, 0.25) is 0 Å². The molecule has 0 unspecified atom stereocenters. The van der Waals surface area contributed by atoms with Gasteiger partial charge in [0.05, 0.1) is 5.56 Å². The summed E-state index contributed by atoms with van der Waals surface area (Å²) >= 11 is 6.12. The number of hydrogen-bond donors (Lipinski definition) is 1. The summed E-state index contributed by atoms with van der Waals surface area (Å²) in [5, 5.41) is 3.94. The fourth-order valence-corrected chi connectivity index (χ4v) is 2.37. The number of pyridine rings is 1. The zero-order chi connectivity index (χ0) is 16.7. The molecule has 0 fully saturated rings. The van der Waals surface area contributed by atoms with E-state index in [0.29, 0.717) is 12.1 Å². The maximum atomic E-state index is 12.2. The Morgan fingerprint density at radius 2 is 2.04 bits per heavy atom. The summed E-state index contributed by atoms with van der Waals surface area (Å²) in [6, 6.07) is 11.3. The molecule has 0 saturated carbocycles. The number of carbonyl (C=O) groups is 1.